The number of benzene rings is 2. The molecule has 0 fully saturated rings. The molecule has 88 valence electrons. The summed E-state index contributed by atoms with van der Waals surface area (Å²) in [5.41, 5.74) is 1.95. The molecule has 0 aromatic heterocycles. The van der Waals surface area contributed by atoms with E-state index in [1.807, 2.05) is 24.3 Å². The highest BCUT2D eigenvalue weighted by molar-refractivity contribution is 6.31. The van der Waals surface area contributed by atoms with Crippen molar-refractivity contribution in [2.75, 3.05) is 6.56 Å². The van der Waals surface area contributed by atoms with Gasteiger partial charge in [0, 0.05) is 9.13 Å². The maximum atomic E-state index is 7.44. The van der Waals surface area contributed by atoms with Crippen LogP contribution in [-0.4, -0.2) is 6.56 Å². The molecule has 0 N–H and O–H groups in total. The summed E-state index contributed by atoms with van der Waals surface area (Å²) in [4.78, 5) is 0. The van der Waals surface area contributed by atoms with Crippen molar-refractivity contribution in [2.24, 2.45) is 0 Å². The Hall–Kier alpha value is -1.47. The van der Waals surface area contributed by atoms with Crippen LogP contribution in [0, 0.1) is 0 Å². The Kier molecular flexibility index (Phi) is 2.39. The van der Waals surface area contributed by atoms with Gasteiger partial charge in [0.2, 0.25) is 0 Å². The SMILES string of the molecule is [2H]C([2H])([2H])C([2H])([2H])Oc1ccc(Cc2ccccc2Cl)cc1. The summed E-state index contributed by atoms with van der Waals surface area (Å²) in [6.45, 7) is -5.57. The van der Waals surface area contributed by atoms with Crippen LogP contribution < -0.4 is 4.74 Å². The second-order valence-electron chi connectivity index (χ2n) is 3.62. The molecule has 0 saturated carbocycles. The van der Waals surface area contributed by atoms with E-state index >= 15 is 0 Å². The molecule has 17 heavy (non-hydrogen) atoms. The van der Waals surface area contributed by atoms with Crippen molar-refractivity contribution in [2.45, 2.75) is 13.3 Å². The predicted molar refractivity (Wildman–Crippen MR) is 71.9 cm³/mol. The molecule has 0 bridgehead atoms. The Labute approximate surface area is 114 Å². The quantitative estimate of drug-likeness (QED) is 0.786. The highest BCUT2D eigenvalue weighted by atomic mass is 35.5. The Morgan fingerprint density at radius 3 is 2.65 bits per heavy atom. The molecule has 0 heterocycles. The van der Waals surface area contributed by atoms with E-state index in [0.717, 1.165) is 11.1 Å². The van der Waals surface area contributed by atoms with Gasteiger partial charge in [-0.25, -0.2) is 0 Å². The Morgan fingerprint density at radius 1 is 1.18 bits per heavy atom. The van der Waals surface area contributed by atoms with Gasteiger partial charge in [0.25, 0.3) is 0 Å². The van der Waals surface area contributed by atoms with Crippen LogP contribution in [0.15, 0.2) is 48.5 Å². The zero-order chi connectivity index (χ0) is 16.4. The van der Waals surface area contributed by atoms with Crippen molar-refractivity contribution in [3.8, 4) is 5.75 Å². The van der Waals surface area contributed by atoms with E-state index in [4.69, 9.17) is 23.2 Å². The van der Waals surface area contributed by atoms with Crippen molar-refractivity contribution in [3.63, 3.8) is 0 Å². The molecule has 0 aliphatic carbocycles. The summed E-state index contributed by atoms with van der Waals surface area (Å²) in [6, 6.07) is 14.1. The van der Waals surface area contributed by atoms with Gasteiger partial charge in [-0.2, -0.15) is 0 Å². The van der Waals surface area contributed by atoms with E-state index in [0.29, 0.717) is 11.4 Å². The van der Waals surface area contributed by atoms with Gasteiger partial charge in [0.1, 0.15) is 5.75 Å². The molecule has 0 aliphatic heterocycles. The van der Waals surface area contributed by atoms with E-state index < -0.39 is 13.4 Å². The van der Waals surface area contributed by atoms with Crippen LogP contribution in [0.4, 0.5) is 0 Å². The van der Waals surface area contributed by atoms with Crippen molar-refractivity contribution in [1.29, 1.82) is 0 Å². The summed E-state index contributed by atoms with van der Waals surface area (Å²) >= 11 is 6.11. The molecular weight excluding hydrogens is 232 g/mol. The van der Waals surface area contributed by atoms with Crippen LogP contribution in [-0.2, 0) is 6.42 Å². The van der Waals surface area contributed by atoms with Crippen LogP contribution >= 0.6 is 11.6 Å². The molecule has 2 heteroatoms. The first-order valence-electron chi connectivity index (χ1n) is 7.70. The standard InChI is InChI=1S/C15H15ClO/c1-2-17-14-9-7-12(8-10-14)11-13-5-3-4-6-15(13)16/h3-10H,2,11H2,1H3/i1D3,2D2. The van der Waals surface area contributed by atoms with Gasteiger partial charge in [-0.05, 0) is 42.6 Å². The Balaban J connectivity index is 2.10. The summed E-state index contributed by atoms with van der Waals surface area (Å²) in [5.74, 6) is 0.170. The zero-order valence-electron chi connectivity index (χ0n) is 14.1. The molecule has 0 radical (unpaired) electrons. The molecule has 0 atom stereocenters. The molecule has 2 aromatic carbocycles. The van der Waals surface area contributed by atoms with Gasteiger partial charge >= 0.3 is 0 Å². The monoisotopic (exact) mass is 251 g/mol. The molecule has 2 rings (SSSR count). The molecule has 0 saturated heterocycles. The van der Waals surface area contributed by atoms with Gasteiger partial charge in [0.05, 0.1) is 9.30 Å². The van der Waals surface area contributed by atoms with Crippen LogP contribution in [0.5, 0.6) is 5.75 Å². The normalized spacial score (nSPS) is 16.2. The third-order valence-electron chi connectivity index (χ3n) is 2.44. The van der Waals surface area contributed by atoms with Crippen LogP contribution in [0.1, 0.15) is 24.8 Å². The molecular formula is C15H15ClO. The van der Waals surface area contributed by atoms with Gasteiger partial charge in [-0.3, -0.25) is 0 Å². The molecule has 1 nitrogen and oxygen atoms in total. The van der Waals surface area contributed by atoms with E-state index in [2.05, 4.69) is 0 Å². The maximum absolute atomic E-state index is 7.44. The molecule has 0 spiro atoms. The van der Waals surface area contributed by atoms with Gasteiger partial charge in [-0.1, -0.05) is 41.9 Å². The molecule has 0 unspecified atom stereocenters. The van der Waals surface area contributed by atoms with Gasteiger partial charge in [0.15, 0.2) is 0 Å². The lowest BCUT2D eigenvalue weighted by Gasteiger charge is -2.06. The number of halogens is 1. The van der Waals surface area contributed by atoms with Crippen molar-refractivity contribution < 1.29 is 11.6 Å². The largest absolute Gasteiger partial charge is 0.494 e. The fourth-order valence-electron chi connectivity index (χ4n) is 1.60. The minimum atomic E-state index is -2.84. The van der Waals surface area contributed by atoms with Crippen molar-refractivity contribution >= 4 is 11.6 Å². The molecule has 0 amide bonds. The summed E-state index contributed by atoms with van der Waals surface area (Å²) in [6.07, 6.45) is 0.631. The summed E-state index contributed by atoms with van der Waals surface area (Å²) in [7, 11) is 0. The van der Waals surface area contributed by atoms with Crippen molar-refractivity contribution in [1.82, 2.24) is 0 Å². The van der Waals surface area contributed by atoms with Crippen LogP contribution in [0.2, 0.25) is 5.02 Å². The van der Waals surface area contributed by atoms with E-state index in [-0.39, 0.29) is 5.75 Å². The third kappa shape index (κ3) is 3.24. The first kappa shape index (κ1) is 7.07. The van der Waals surface area contributed by atoms with Crippen LogP contribution in [0.3, 0.4) is 0 Å². The number of rotatable bonds is 4. The second kappa shape index (κ2) is 5.74. The minimum absolute atomic E-state index is 0.170. The fourth-order valence-corrected chi connectivity index (χ4v) is 1.80. The highest BCUT2D eigenvalue weighted by Gasteiger charge is 2.01. The minimum Gasteiger partial charge on any atom is -0.494 e. The Bertz CT molecular complexity index is 637. The highest BCUT2D eigenvalue weighted by Crippen LogP contribution is 2.20. The maximum Gasteiger partial charge on any atom is 0.119 e. The number of ether oxygens (including phenoxy) is 1. The molecule has 2 aromatic rings. The topological polar surface area (TPSA) is 9.23 Å². The van der Waals surface area contributed by atoms with Crippen molar-refractivity contribution in [3.05, 3.63) is 64.7 Å². The van der Waals surface area contributed by atoms with Gasteiger partial charge < -0.3 is 4.74 Å². The second-order valence-corrected chi connectivity index (χ2v) is 4.02. The first-order chi connectivity index (χ1) is 10.2. The number of hydrogen-bond acceptors (Lipinski definition) is 1. The fraction of sp³-hybridized carbons (Fsp3) is 0.200. The predicted octanol–water partition coefficient (Wildman–Crippen LogP) is 4.33. The summed E-state index contributed by atoms with van der Waals surface area (Å²) < 4.78 is 41.2. The Morgan fingerprint density at radius 2 is 1.94 bits per heavy atom. The third-order valence-corrected chi connectivity index (χ3v) is 2.81. The first-order valence-corrected chi connectivity index (χ1v) is 5.58. The molecule has 0 aliphatic rings. The van der Waals surface area contributed by atoms with Crippen LogP contribution in [0.25, 0.3) is 0 Å². The van der Waals surface area contributed by atoms with Gasteiger partial charge in [-0.15, -0.1) is 0 Å². The van der Waals surface area contributed by atoms with E-state index in [9.17, 15) is 0 Å². The van der Waals surface area contributed by atoms with E-state index in [1.165, 1.54) is 0 Å². The lowest BCUT2D eigenvalue weighted by atomic mass is 10.1. The zero-order valence-corrected chi connectivity index (χ0v) is 9.87. The summed E-state index contributed by atoms with van der Waals surface area (Å²) in [5, 5.41) is 0.682. The lowest BCUT2D eigenvalue weighted by molar-refractivity contribution is 0.340. The average molecular weight is 252 g/mol. The average Bonchev–Trinajstić information content (AvgIpc) is 2.42. The number of hydrogen-bond donors (Lipinski definition) is 0. The van der Waals surface area contributed by atoms with E-state index in [1.54, 1.807) is 24.3 Å². The smallest absolute Gasteiger partial charge is 0.119 e. The lowest BCUT2D eigenvalue weighted by Crippen LogP contribution is -1.92.